The Bertz CT molecular complexity index is 203. The molecule has 0 aliphatic carbocycles. The van der Waals surface area contributed by atoms with Crippen LogP contribution in [0.4, 0.5) is 0 Å². The number of hydrogen-bond acceptors (Lipinski definition) is 3. The molecular weight excluding hydrogens is 192 g/mol. The molecule has 3 heteroatoms. The Morgan fingerprint density at radius 1 is 1.07 bits per heavy atom. The lowest BCUT2D eigenvalue weighted by Gasteiger charge is -2.25. The lowest BCUT2D eigenvalue weighted by atomic mass is 9.87. The van der Waals surface area contributed by atoms with Gasteiger partial charge in [-0.25, -0.2) is 0 Å². The van der Waals surface area contributed by atoms with E-state index in [0.29, 0.717) is 18.3 Å². The Balaban J connectivity index is 1.74. The summed E-state index contributed by atoms with van der Waals surface area (Å²) in [5, 5.41) is 0. The molecule has 0 aromatic heterocycles. The van der Waals surface area contributed by atoms with Crippen LogP contribution in [0.1, 0.15) is 32.1 Å². The Labute approximate surface area is 91.1 Å². The van der Waals surface area contributed by atoms with Crippen LogP contribution in [0, 0.1) is 11.8 Å². The molecule has 0 bridgehead atoms. The van der Waals surface area contributed by atoms with Crippen molar-refractivity contribution >= 4 is 5.78 Å². The molecule has 2 fully saturated rings. The van der Waals surface area contributed by atoms with Gasteiger partial charge in [0.25, 0.3) is 0 Å². The molecule has 1 atom stereocenters. The van der Waals surface area contributed by atoms with Gasteiger partial charge in [0.05, 0.1) is 6.61 Å². The van der Waals surface area contributed by atoms with Crippen molar-refractivity contribution in [2.75, 3.05) is 26.4 Å². The third-order valence-corrected chi connectivity index (χ3v) is 3.45. The molecule has 2 aliphatic rings. The molecule has 2 heterocycles. The van der Waals surface area contributed by atoms with Crippen LogP contribution in [0.25, 0.3) is 0 Å². The Hall–Kier alpha value is -0.410. The maximum absolute atomic E-state index is 11.9. The maximum atomic E-state index is 11.9. The number of ketones is 1. The van der Waals surface area contributed by atoms with Crippen LogP contribution in [0.15, 0.2) is 0 Å². The highest BCUT2D eigenvalue weighted by Gasteiger charge is 2.25. The summed E-state index contributed by atoms with van der Waals surface area (Å²) < 4.78 is 10.6. The van der Waals surface area contributed by atoms with E-state index in [-0.39, 0.29) is 5.92 Å². The first-order valence-electron chi connectivity index (χ1n) is 6.04. The van der Waals surface area contributed by atoms with Gasteiger partial charge in [-0.2, -0.15) is 0 Å². The molecule has 86 valence electrons. The molecule has 0 aromatic rings. The Kier molecular flexibility index (Phi) is 4.15. The molecule has 2 aliphatic heterocycles. The fourth-order valence-electron chi connectivity index (χ4n) is 2.40. The monoisotopic (exact) mass is 212 g/mol. The molecule has 0 N–H and O–H groups in total. The highest BCUT2D eigenvalue weighted by molar-refractivity contribution is 5.81. The van der Waals surface area contributed by atoms with Crippen molar-refractivity contribution in [2.45, 2.75) is 32.1 Å². The highest BCUT2D eigenvalue weighted by atomic mass is 16.5. The van der Waals surface area contributed by atoms with Gasteiger partial charge in [-0.15, -0.1) is 0 Å². The average molecular weight is 212 g/mol. The SMILES string of the molecule is O=C(CC1CCOCC1)C1CCCOC1. The normalized spacial score (nSPS) is 28.9. The van der Waals surface area contributed by atoms with Crippen LogP contribution in [-0.2, 0) is 14.3 Å². The van der Waals surface area contributed by atoms with Crippen LogP contribution in [0.3, 0.4) is 0 Å². The summed E-state index contributed by atoms with van der Waals surface area (Å²) in [5.74, 6) is 1.16. The summed E-state index contributed by atoms with van der Waals surface area (Å²) in [6.07, 6.45) is 4.93. The van der Waals surface area contributed by atoms with Gasteiger partial charge in [-0.3, -0.25) is 4.79 Å². The predicted molar refractivity (Wildman–Crippen MR) is 56.7 cm³/mol. The van der Waals surface area contributed by atoms with E-state index in [0.717, 1.165) is 51.9 Å². The summed E-state index contributed by atoms with van der Waals surface area (Å²) in [6, 6.07) is 0. The second kappa shape index (κ2) is 5.61. The van der Waals surface area contributed by atoms with Gasteiger partial charge in [0.1, 0.15) is 5.78 Å². The summed E-state index contributed by atoms with van der Waals surface area (Å²) in [4.78, 5) is 11.9. The lowest BCUT2D eigenvalue weighted by molar-refractivity contribution is -0.128. The van der Waals surface area contributed by atoms with Crippen molar-refractivity contribution in [1.82, 2.24) is 0 Å². The van der Waals surface area contributed by atoms with Crippen molar-refractivity contribution < 1.29 is 14.3 Å². The number of ether oxygens (including phenoxy) is 2. The van der Waals surface area contributed by atoms with Gasteiger partial charge < -0.3 is 9.47 Å². The zero-order valence-corrected chi connectivity index (χ0v) is 9.24. The molecule has 2 rings (SSSR count). The van der Waals surface area contributed by atoms with E-state index in [2.05, 4.69) is 0 Å². The fourth-order valence-corrected chi connectivity index (χ4v) is 2.40. The predicted octanol–water partition coefficient (Wildman–Crippen LogP) is 1.80. The number of carbonyl (C=O) groups excluding carboxylic acids is 1. The van der Waals surface area contributed by atoms with Crippen molar-refractivity contribution in [3.63, 3.8) is 0 Å². The van der Waals surface area contributed by atoms with Crippen LogP contribution in [0.5, 0.6) is 0 Å². The number of carbonyl (C=O) groups is 1. The van der Waals surface area contributed by atoms with Gasteiger partial charge in [0.2, 0.25) is 0 Å². The van der Waals surface area contributed by atoms with Gasteiger partial charge in [-0.1, -0.05) is 0 Å². The van der Waals surface area contributed by atoms with E-state index in [1.165, 1.54) is 0 Å². The highest BCUT2D eigenvalue weighted by Crippen LogP contribution is 2.23. The molecule has 0 spiro atoms. The molecular formula is C12H20O3. The van der Waals surface area contributed by atoms with Gasteiger partial charge >= 0.3 is 0 Å². The first-order valence-corrected chi connectivity index (χ1v) is 6.04. The number of rotatable bonds is 3. The van der Waals surface area contributed by atoms with Gasteiger partial charge in [0, 0.05) is 32.2 Å². The minimum Gasteiger partial charge on any atom is -0.381 e. The molecule has 15 heavy (non-hydrogen) atoms. The standard InChI is InChI=1S/C12H20O3/c13-12(11-2-1-5-15-9-11)8-10-3-6-14-7-4-10/h10-11H,1-9H2. The smallest absolute Gasteiger partial charge is 0.138 e. The Morgan fingerprint density at radius 3 is 2.53 bits per heavy atom. The number of Topliss-reactive ketones (excluding diaryl/α,β-unsaturated/α-hetero) is 1. The third kappa shape index (κ3) is 3.28. The maximum Gasteiger partial charge on any atom is 0.138 e. The molecule has 0 amide bonds. The molecule has 3 nitrogen and oxygen atoms in total. The van der Waals surface area contributed by atoms with Crippen molar-refractivity contribution in [3.05, 3.63) is 0 Å². The Morgan fingerprint density at radius 2 is 1.87 bits per heavy atom. The molecule has 0 radical (unpaired) electrons. The quantitative estimate of drug-likeness (QED) is 0.715. The zero-order chi connectivity index (χ0) is 10.5. The summed E-state index contributed by atoms with van der Waals surface area (Å²) in [7, 11) is 0. The van der Waals surface area contributed by atoms with E-state index < -0.39 is 0 Å². The van der Waals surface area contributed by atoms with E-state index in [1.54, 1.807) is 0 Å². The largest absolute Gasteiger partial charge is 0.381 e. The van der Waals surface area contributed by atoms with Crippen molar-refractivity contribution in [2.24, 2.45) is 11.8 Å². The van der Waals surface area contributed by atoms with Crippen LogP contribution < -0.4 is 0 Å². The topological polar surface area (TPSA) is 35.5 Å². The van der Waals surface area contributed by atoms with Gasteiger partial charge in [0.15, 0.2) is 0 Å². The molecule has 0 aromatic carbocycles. The van der Waals surface area contributed by atoms with Crippen LogP contribution in [0.2, 0.25) is 0 Å². The second-order valence-corrected chi connectivity index (χ2v) is 4.64. The lowest BCUT2D eigenvalue weighted by Crippen LogP contribution is -2.28. The van der Waals surface area contributed by atoms with E-state index >= 15 is 0 Å². The van der Waals surface area contributed by atoms with Crippen LogP contribution >= 0.6 is 0 Å². The third-order valence-electron chi connectivity index (χ3n) is 3.45. The number of hydrogen-bond donors (Lipinski definition) is 0. The van der Waals surface area contributed by atoms with Crippen molar-refractivity contribution in [3.8, 4) is 0 Å². The minimum absolute atomic E-state index is 0.182. The molecule has 0 saturated carbocycles. The first kappa shape index (κ1) is 11.1. The summed E-state index contributed by atoms with van der Waals surface area (Å²) in [5.41, 5.74) is 0. The average Bonchev–Trinajstić information content (AvgIpc) is 2.31. The summed E-state index contributed by atoms with van der Waals surface area (Å²) in [6.45, 7) is 3.15. The first-order chi connectivity index (χ1) is 7.36. The zero-order valence-electron chi connectivity index (χ0n) is 9.24. The van der Waals surface area contributed by atoms with Gasteiger partial charge in [-0.05, 0) is 31.6 Å². The molecule has 2 saturated heterocycles. The van der Waals surface area contributed by atoms with Crippen molar-refractivity contribution in [1.29, 1.82) is 0 Å². The summed E-state index contributed by atoms with van der Waals surface area (Å²) >= 11 is 0. The van der Waals surface area contributed by atoms with E-state index in [1.807, 2.05) is 0 Å². The van der Waals surface area contributed by atoms with E-state index in [4.69, 9.17) is 9.47 Å². The second-order valence-electron chi connectivity index (χ2n) is 4.64. The molecule has 1 unspecified atom stereocenters. The van der Waals surface area contributed by atoms with E-state index in [9.17, 15) is 4.79 Å². The van der Waals surface area contributed by atoms with Crippen LogP contribution in [-0.4, -0.2) is 32.2 Å². The minimum atomic E-state index is 0.182. The fraction of sp³-hybridized carbons (Fsp3) is 0.917.